The fourth-order valence-corrected chi connectivity index (χ4v) is 9.58. The number of ether oxygens (including phenoxy) is 4. The first-order chi connectivity index (χ1) is 27.8. The number of carbonyl (C=O) groups is 4. The van der Waals surface area contributed by atoms with Crippen molar-refractivity contribution < 1.29 is 42.5 Å². The number of nitrogens with one attached hydrogen (secondary N) is 1. The maximum Gasteiger partial charge on any atom is 0.250 e. The van der Waals surface area contributed by atoms with Gasteiger partial charge in [0.15, 0.2) is 5.75 Å². The van der Waals surface area contributed by atoms with Crippen LogP contribution in [0.25, 0.3) is 11.3 Å². The number of ketones is 2. The Morgan fingerprint density at radius 3 is 2.38 bits per heavy atom. The van der Waals surface area contributed by atoms with E-state index >= 15 is 4.79 Å². The summed E-state index contributed by atoms with van der Waals surface area (Å²) in [6.45, 7) is 7.07. The summed E-state index contributed by atoms with van der Waals surface area (Å²) in [5.41, 5.74) is -0.196. The molecule has 1 N–H and O–H groups in total. The normalized spacial score (nSPS) is 22.7. The Hall–Kier alpha value is -5.56. The first-order valence-corrected chi connectivity index (χ1v) is 20.0. The standard InChI is InChI=1S/C44H46ClN3O10/c1-7-22(2)38(43(53)47-19-24-16-26(21-47)29-9-8-10-34(50)48(29)20-24)46-33(49)17-28-35-31(57-39(28)25-11-13-27(54-4)14-12-25)15-23(3)44(41(35)51)42(52)36-30(55-5)18-32(56-6)37(45)40(36)58-44/h8-14,18,22-24,26,38H,7,15-17,19-21H2,1-6H3,(H,46,49)/t22?,23-,24-,26+,38+,44+/m1/s1. The second-order valence-electron chi connectivity index (χ2n) is 15.9. The predicted octanol–water partition coefficient (Wildman–Crippen LogP) is 5.90. The van der Waals surface area contributed by atoms with E-state index in [4.69, 9.17) is 35.0 Å². The van der Waals surface area contributed by atoms with Crippen LogP contribution in [0.5, 0.6) is 23.0 Å². The van der Waals surface area contributed by atoms with Gasteiger partial charge in [-0.05, 0) is 48.6 Å². The number of fused-ring (bicyclic) bond motifs is 6. The molecule has 8 rings (SSSR count). The Labute approximate surface area is 340 Å². The number of rotatable bonds is 10. The lowest BCUT2D eigenvalue weighted by Gasteiger charge is -2.44. The highest BCUT2D eigenvalue weighted by molar-refractivity contribution is 6.36. The molecule has 2 bridgehead atoms. The molecular weight excluding hydrogens is 766 g/mol. The first-order valence-electron chi connectivity index (χ1n) is 19.6. The maximum atomic E-state index is 15.1. The van der Waals surface area contributed by atoms with E-state index in [0.29, 0.717) is 43.1 Å². The number of hydrogen-bond acceptors (Lipinski definition) is 10. The third-order valence-electron chi connectivity index (χ3n) is 12.5. The zero-order valence-corrected chi connectivity index (χ0v) is 34.1. The van der Waals surface area contributed by atoms with Crippen molar-refractivity contribution >= 4 is 35.0 Å². The van der Waals surface area contributed by atoms with E-state index in [-0.39, 0.29) is 86.8 Å². The molecule has 0 radical (unpaired) electrons. The van der Waals surface area contributed by atoms with Crippen LogP contribution < -0.4 is 29.8 Å². The predicted molar refractivity (Wildman–Crippen MR) is 213 cm³/mol. The Bertz CT molecular complexity index is 2400. The van der Waals surface area contributed by atoms with Gasteiger partial charge in [-0.25, -0.2) is 0 Å². The van der Waals surface area contributed by atoms with Crippen molar-refractivity contribution in [2.75, 3.05) is 34.4 Å². The summed E-state index contributed by atoms with van der Waals surface area (Å²) in [7, 11) is 4.37. The Kier molecular flexibility index (Phi) is 10.1. The van der Waals surface area contributed by atoms with Crippen LogP contribution in [0.2, 0.25) is 5.02 Å². The number of carbonyl (C=O) groups excluding carboxylic acids is 4. The van der Waals surface area contributed by atoms with E-state index in [0.717, 1.165) is 12.1 Å². The van der Waals surface area contributed by atoms with Crippen molar-refractivity contribution in [3.63, 3.8) is 0 Å². The number of furan rings is 1. The largest absolute Gasteiger partial charge is 0.497 e. The van der Waals surface area contributed by atoms with E-state index in [9.17, 15) is 19.2 Å². The molecule has 1 aliphatic carbocycles. The smallest absolute Gasteiger partial charge is 0.250 e. The molecule has 1 unspecified atom stereocenters. The molecule has 2 amide bonds. The van der Waals surface area contributed by atoms with Gasteiger partial charge < -0.3 is 38.1 Å². The molecule has 1 spiro atoms. The number of pyridine rings is 1. The summed E-state index contributed by atoms with van der Waals surface area (Å²) in [6.07, 6.45) is 1.29. The van der Waals surface area contributed by atoms with Gasteiger partial charge in [0.1, 0.15) is 45.4 Å². The molecule has 1 fully saturated rings. The number of halogens is 1. The number of methoxy groups -OCH3 is 3. The van der Waals surface area contributed by atoms with Crippen molar-refractivity contribution in [2.24, 2.45) is 17.8 Å². The highest BCUT2D eigenvalue weighted by atomic mass is 35.5. The number of piperidine rings is 1. The summed E-state index contributed by atoms with van der Waals surface area (Å²) in [6, 6.07) is 12.9. The SMILES string of the molecule is CCC(C)[C@H](NC(=O)Cc1c(-c2ccc(OC)cc2)oc2c1C(=O)[C@@]1(Oc3c(Cl)c(OC)cc(OC)c3C1=O)[C@H](C)C2)C(=O)N1C[C@H]2C[C@@H](C1)c1cccc(=O)n1C2. The summed E-state index contributed by atoms with van der Waals surface area (Å²) in [5, 5.41) is 3.06. The Morgan fingerprint density at radius 1 is 0.966 bits per heavy atom. The molecule has 3 aliphatic heterocycles. The van der Waals surface area contributed by atoms with E-state index < -0.39 is 35.0 Å². The van der Waals surface area contributed by atoms with Crippen molar-refractivity contribution in [2.45, 2.75) is 70.6 Å². The lowest BCUT2D eigenvalue weighted by Crippen LogP contribution is -2.57. The van der Waals surface area contributed by atoms with Crippen LogP contribution in [0.3, 0.4) is 0 Å². The Balaban J connectivity index is 1.14. The van der Waals surface area contributed by atoms with Crippen LogP contribution in [-0.2, 0) is 29.0 Å². The molecule has 4 aromatic rings. The van der Waals surface area contributed by atoms with E-state index in [2.05, 4.69) is 5.32 Å². The zero-order valence-electron chi connectivity index (χ0n) is 33.3. The number of aromatic nitrogens is 1. The van der Waals surface area contributed by atoms with Crippen LogP contribution in [0.4, 0.5) is 0 Å². The van der Waals surface area contributed by atoms with Gasteiger partial charge in [0.05, 0.1) is 33.3 Å². The lowest BCUT2D eigenvalue weighted by molar-refractivity contribution is -0.140. The molecular formula is C44H46ClN3O10. The van der Waals surface area contributed by atoms with Crippen LogP contribution in [0.15, 0.2) is 57.7 Å². The molecule has 0 saturated carbocycles. The van der Waals surface area contributed by atoms with Gasteiger partial charge in [-0.2, -0.15) is 0 Å². The second kappa shape index (κ2) is 15.0. The van der Waals surface area contributed by atoms with Crippen LogP contribution in [-0.4, -0.2) is 78.9 Å². The minimum atomic E-state index is -2.03. The van der Waals surface area contributed by atoms with Crippen LogP contribution in [0.1, 0.15) is 77.3 Å². The quantitative estimate of drug-likeness (QED) is 0.192. The number of hydrogen-bond donors (Lipinski definition) is 1. The molecule has 5 heterocycles. The molecule has 1 saturated heterocycles. The summed E-state index contributed by atoms with van der Waals surface area (Å²) in [5.74, 6) is -1.27. The van der Waals surface area contributed by atoms with Crippen molar-refractivity contribution in [1.82, 2.24) is 14.8 Å². The first kappa shape index (κ1) is 39.3. The number of Topliss-reactive ketones (excluding diaryl/α,β-unsaturated/α-hetero) is 2. The van der Waals surface area contributed by atoms with Gasteiger partial charge in [-0.1, -0.05) is 44.9 Å². The minimum absolute atomic E-state index is 0.00598. The van der Waals surface area contributed by atoms with Crippen LogP contribution >= 0.6 is 11.6 Å². The fraction of sp³-hybridized carbons (Fsp3) is 0.432. The van der Waals surface area contributed by atoms with E-state index in [1.807, 2.05) is 29.4 Å². The summed E-state index contributed by atoms with van der Waals surface area (Å²) in [4.78, 5) is 72.9. The van der Waals surface area contributed by atoms with E-state index in [1.165, 1.54) is 20.3 Å². The van der Waals surface area contributed by atoms with Gasteiger partial charge in [0.2, 0.25) is 29.0 Å². The average molecular weight is 812 g/mol. The third kappa shape index (κ3) is 6.16. The van der Waals surface area contributed by atoms with Crippen molar-refractivity contribution in [1.29, 1.82) is 0 Å². The summed E-state index contributed by atoms with van der Waals surface area (Å²) >= 11 is 6.68. The zero-order chi connectivity index (χ0) is 41.2. The number of benzene rings is 2. The van der Waals surface area contributed by atoms with E-state index in [1.54, 1.807) is 50.4 Å². The molecule has 14 heteroatoms. The highest BCUT2D eigenvalue weighted by Gasteiger charge is 2.63. The Morgan fingerprint density at radius 2 is 1.69 bits per heavy atom. The van der Waals surface area contributed by atoms with Gasteiger partial charge in [0.25, 0.3) is 5.56 Å². The van der Waals surface area contributed by atoms with Gasteiger partial charge in [-0.3, -0.25) is 24.0 Å². The maximum absolute atomic E-state index is 15.1. The number of amides is 2. The van der Waals surface area contributed by atoms with Gasteiger partial charge in [-0.15, -0.1) is 0 Å². The lowest BCUT2D eigenvalue weighted by atomic mass is 9.70. The monoisotopic (exact) mass is 811 g/mol. The molecule has 58 heavy (non-hydrogen) atoms. The molecule has 2 aromatic carbocycles. The molecule has 304 valence electrons. The molecule has 13 nitrogen and oxygen atoms in total. The summed E-state index contributed by atoms with van der Waals surface area (Å²) < 4.78 is 31.0. The topological polar surface area (TPSA) is 156 Å². The van der Waals surface area contributed by atoms with Crippen LogP contribution in [0, 0.1) is 17.8 Å². The second-order valence-corrected chi connectivity index (χ2v) is 16.3. The average Bonchev–Trinajstić information content (AvgIpc) is 3.74. The molecule has 2 aromatic heterocycles. The molecule has 4 aliphatic rings. The van der Waals surface area contributed by atoms with Crippen molar-refractivity contribution in [3.05, 3.63) is 92.1 Å². The number of nitrogens with zero attached hydrogens (tertiary/aromatic N) is 2. The van der Waals surface area contributed by atoms with Crippen molar-refractivity contribution in [3.8, 4) is 34.3 Å². The third-order valence-corrected chi connectivity index (χ3v) is 12.9. The fourth-order valence-electron chi connectivity index (χ4n) is 9.32. The number of likely N-dealkylation sites (tertiary alicyclic amines) is 1. The van der Waals surface area contributed by atoms with Gasteiger partial charge >= 0.3 is 0 Å². The molecule has 6 atom stereocenters. The van der Waals surface area contributed by atoms with Gasteiger partial charge in [0, 0.05) is 66.8 Å². The highest BCUT2D eigenvalue weighted by Crippen LogP contribution is 2.54. The minimum Gasteiger partial charge on any atom is -0.497 e.